The fourth-order valence-electron chi connectivity index (χ4n) is 1.60. The zero-order chi connectivity index (χ0) is 7.68. The minimum atomic E-state index is 1.05. The Morgan fingerprint density at radius 3 is 2.91 bits per heavy atom. The summed E-state index contributed by atoms with van der Waals surface area (Å²) in [5, 5.41) is 8.21. The SMILES string of the molecule is Cc1cc2c(nn1)CCCC2. The second-order valence-corrected chi connectivity index (χ2v) is 3.16. The lowest BCUT2D eigenvalue weighted by molar-refractivity contribution is 0.651. The average Bonchev–Trinajstić information content (AvgIpc) is 2.04. The predicted octanol–water partition coefficient (Wildman–Crippen LogP) is 1.66. The van der Waals surface area contributed by atoms with E-state index >= 15 is 0 Å². The molecule has 1 aromatic rings. The lowest BCUT2D eigenvalue weighted by atomic mass is 9.96. The van der Waals surface area contributed by atoms with Crippen molar-refractivity contribution in [2.75, 3.05) is 0 Å². The van der Waals surface area contributed by atoms with Crippen molar-refractivity contribution in [2.24, 2.45) is 0 Å². The summed E-state index contributed by atoms with van der Waals surface area (Å²) in [6.07, 6.45) is 4.93. The Hall–Kier alpha value is -0.920. The van der Waals surface area contributed by atoms with Gasteiger partial charge in [0.2, 0.25) is 0 Å². The van der Waals surface area contributed by atoms with Crippen LogP contribution < -0.4 is 0 Å². The Morgan fingerprint density at radius 2 is 2.00 bits per heavy atom. The molecule has 0 unspecified atom stereocenters. The van der Waals surface area contributed by atoms with Gasteiger partial charge in [-0.2, -0.15) is 10.2 Å². The first-order chi connectivity index (χ1) is 5.36. The van der Waals surface area contributed by atoms with Gasteiger partial charge in [-0.1, -0.05) is 0 Å². The molecule has 0 bridgehead atoms. The maximum atomic E-state index is 4.17. The van der Waals surface area contributed by atoms with Gasteiger partial charge in [0.25, 0.3) is 0 Å². The Morgan fingerprint density at radius 1 is 1.18 bits per heavy atom. The maximum absolute atomic E-state index is 4.17. The monoisotopic (exact) mass is 148 g/mol. The zero-order valence-corrected chi connectivity index (χ0v) is 6.80. The molecule has 0 radical (unpaired) electrons. The Bertz CT molecular complexity index is 268. The molecule has 2 rings (SSSR count). The maximum Gasteiger partial charge on any atom is 0.0663 e. The van der Waals surface area contributed by atoms with Crippen molar-refractivity contribution < 1.29 is 0 Å². The minimum absolute atomic E-state index is 1.05. The number of fused-ring (bicyclic) bond motifs is 1. The van der Waals surface area contributed by atoms with Crippen LogP contribution in [-0.2, 0) is 12.8 Å². The molecule has 0 fully saturated rings. The summed E-state index contributed by atoms with van der Waals surface area (Å²) in [5.74, 6) is 0. The summed E-state index contributed by atoms with van der Waals surface area (Å²) in [5.41, 5.74) is 3.69. The van der Waals surface area contributed by atoms with E-state index in [1.807, 2.05) is 6.92 Å². The summed E-state index contributed by atoms with van der Waals surface area (Å²) in [6, 6.07) is 2.17. The molecule has 0 atom stereocenters. The highest BCUT2D eigenvalue weighted by molar-refractivity contribution is 5.22. The third kappa shape index (κ3) is 1.25. The number of aryl methyl sites for hydroxylation is 3. The molecule has 0 amide bonds. The molecule has 1 aliphatic carbocycles. The highest BCUT2D eigenvalue weighted by Gasteiger charge is 2.10. The van der Waals surface area contributed by atoms with Gasteiger partial charge >= 0.3 is 0 Å². The number of rotatable bonds is 0. The first kappa shape index (κ1) is 6.77. The first-order valence-corrected chi connectivity index (χ1v) is 4.18. The van der Waals surface area contributed by atoms with Gasteiger partial charge in [-0.05, 0) is 44.2 Å². The van der Waals surface area contributed by atoms with Crippen LogP contribution in [0, 0.1) is 6.92 Å². The number of nitrogens with zero attached hydrogens (tertiary/aromatic N) is 2. The van der Waals surface area contributed by atoms with E-state index in [1.165, 1.54) is 30.5 Å². The molecule has 1 heterocycles. The fraction of sp³-hybridized carbons (Fsp3) is 0.556. The highest BCUT2D eigenvalue weighted by atomic mass is 15.1. The van der Waals surface area contributed by atoms with Crippen LogP contribution in [0.1, 0.15) is 29.8 Å². The molecule has 0 aromatic carbocycles. The summed E-state index contributed by atoms with van der Waals surface area (Å²) in [4.78, 5) is 0. The van der Waals surface area contributed by atoms with Gasteiger partial charge < -0.3 is 0 Å². The summed E-state index contributed by atoms with van der Waals surface area (Å²) in [6.45, 7) is 2.00. The van der Waals surface area contributed by atoms with E-state index in [2.05, 4.69) is 16.3 Å². The second-order valence-electron chi connectivity index (χ2n) is 3.16. The van der Waals surface area contributed by atoms with Gasteiger partial charge in [0, 0.05) is 0 Å². The first-order valence-electron chi connectivity index (χ1n) is 4.18. The van der Waals surface area contributed by atoms with Crippen LogP contribution in [0.25, 0.3) is 0 Å². The van der Waals surface area contributed by atoms with E-state index in [0.717, 1.165) is 12.1 Å². The van der Waals surface area contributed by atoms with Crippen LogP contribution in [-0.4, -0.2) is 10.2 Å². The van der Waals surface area contributed by atoms with Gasteiger partial charge in [-0.3, -0.25) is 0 Å². The van der Waals surface area contributed by atoms with Crippen LogP contribution in [0.3, 0.4) is 0 Å². The standard InChI is InChI=1S/C9H12N2/c1-7-6-8-4-2-3-5-9(8)11-10-7/h6H,2-5H2,1H3. The van der Waals surface area contributed by atoms with Gasteiger partial charge in [-0.15, -0.1) is 0 Å². The van der Waals surface area contributed by atoms with Crippen LogP contribution in [0.5, 0.6) is 0 Å². The van der Waals surface area contributed by atoms with Gasteiger partial charge in [-0.25, -0.2) is 0 Å². The van der Waals surface area contributed by atoms with Crippen molar-refractivity contribution >= 4 is 0 Å². The largest absolute Gasteiger partial charge is 0.156 e. The molecular weight excluding hydrogens is 136 g/mol. The van der Waals surface area contributed by atoms with Gasteiger partial charge in [0.05, 0.1) is 11.4 Å². The van der Waals surface area contributed by atoms with Crippen molar-refractivity contribution in [3.8, 4) is 0 Å². The molecule has 0 aliphatic heterocycles. The molecule has 0 N–H and O–H groups in total. The lowest BCUT2D eigenvalue weighted by Crippen LogP contribution is -2.07. The van der Waals surface area contributed by atoms with E-state index in [-0.39, 0.29) is 0 Å². The number of aromatic nitrogens is 2. The van der Waals surface area contributed by atoms with Crippen LogP contribution in [0.15, 0.2) is 6.07 Å². The third-order valence-electron chi connectivity index (χ3n) is 2.19. The second kappa shape index (κ2) is 2.61. The molecular formula is C9H12N2. The topological polar surface area (TPSA) is 25.8 Å². The van der Waals surface area contributed by atoms with Crippen molar-refractivity contribution in [3.63, 3.8) is 0 Å². The molecule has 1 aromatic heterocycles. The number of hydrogen-bond donors (Lipinski definition) is 0. The normalized spacial score (nSPS) is 16.1. The summed E-state index contributed by atoms with van der Waals surface area (Å²) >= 11 is 0. The van der Waals surface area contributed by atoms with Crippen LogP contribution in [0.4, 0.5) is 0 Å². The zero-order valence-electron chi connectivity index (χ0n) is 6.80. The van der Waals surface area contributed by atoms with E-state index in [0.29, 0.717) is 0 Å². The van der Waals surface area contributed by atoms with E-state index < -0.39 is 0 Å². The van der Waals surface area contributed by atoms with Crippen molar-refractivity contribution in [1.82, 2.24) is 10.2 Å². The summed E-state index contributed by atoms with van der Waals surface area (Å²) < 4.78 is 0. The van der Waals surface area contributed by atoms with Gasteiger partial charge in [0.1, 0.15) is 0 Å². The Labute approximate surface area is 66.7 Å². The fourth-order valence-corrected chi connectivity index (χ4v) is 1.60. The highest BCUT2D eigenvalue weighted by Crippen LogP contribution is 2.18. The summed E-state index contributed by atoms with van der Waals surface area (Å²) in [7, 11) is 0. The molecule has 0 spiro atoms. The quantitative estimate of drug-likeness (QED) is 0.559. The predicted molar refractivity (Wildman–Crippen MR) is 43.4 cm³/mol. The van der Waals surface area contributed by atoms with E-state index in [9.17, 15) is 0 Å². The Kier molecular flexibility index (Phi) is 1.60. The molecule has 11 heavy (non-hydrogen) atoms. The average molecular weight is 148 g/mol. The molecule has 1 aliphatic rings. The van der Waals surface area contributed by atoms with Crippen molar-refractivity contribution in [1.29, 1.82) is 0 Å². The van der Waals surface area contributed by atoms with E-state index in [1.54, 1.807) is 0 Å². The molecule has 2 heteroatoms. The van der Waals surface area contributed by atoms with Crippen LogP contribution in [0.2, 0.25) is 0 Å². The molecule has 0 saturated heterocycles. The molecule has 58 valence electrons. The molecule has 0 saturated carbocycles. The van der Waals surface area contributed by atoms with Gasteiger partial charge in [0.15, 0.2) is 0 Å². The van der Waals surface area contributed by atoms with Crippen LogP contribution >= 0.6 is 0 Å². The molecule has 2 nitrogen and oxygen atoms in total. The van der Waals surface area contributed by atoms with Crippen molar-refractivity contribution in [3.05, 3.63) is 23.0 Å². The Balaban J connectivity index is 2.43. The third-order valence-corrected chi connectivity index (χ3v) is 2.19. The van der Waals surface area contributed by atoms with Crippen molar-refractivity contribution in [2.45, 2.75) is 32.6 Å². The number of hydrogen-bond acceptors (Lipinski definition) is 2. The lowest BCUT2D eigenvalue weighted by Gasteiger charge is -2.12. The smallest absolute Gasteiger partial charge is 0.0663 e. The minimum Gasteiger partial charge on any atom is -0.156 e. The van der Waals surface area contributed by atoms with E-state index in [4.69, 9.17) is 0 Å².